The second kappa shape index (κ2) is 7.73. The van der Waals surface area contributed by atoms with Gasteiger partial charge in [-0.25, -0.2) is 4.79 Å². The maximum atomic E-state index is 12.6. The maximum Gasteiger partial charge on any atom is 0.324 e. The van der Waals surface area contributed by atoms with E-state index in [2.05, 4.69) is 10.2 Å². The van der Waals surface area contributed by atoms with Crippen LogP contribution in [-0.4, -0.2) is 69.8 Å². The highest BCUT2D eigenvalue weighted by atomic mass is 16.3. The molecule has 3 amide bonds. The number of fused-ring (bicyclic) bond motifs is 3. The molecule has 1 aromatic carbocycles. The van der Waals surface area contributed by atoms with Crippen molar-refractivity contribution in [1.29, 1.82) is 0 Å². The van der Waals surface area contributed by atoms with Crippen LogP contribution in [-0.2, 0) is 10.2 Å². The molecule has 5 rings (SSSR count). The molecule has 174 valence electrons. The van der Waals surface area contributed by atoms with Crippen molar-refractivity contribution in [2.75, 3.05) is 19.6 Å². The summed E-state index contributed by atoms with van der Waals surface area (Å²) < 4.78 is 0. The van der Waals surface area contributed by atoms with Crippen LogP contribution in [0.2, 0.25) is 0 Å². The van der Waals surface area contributed by atoms with Crippen LogP contribution in [0.1, 0.15) is 56.6 Å². The molecule has 4 aliphatic rings. The van der Waals surface area contributed by atoms with Crippen molar-refractivity contribution in [2.24, 2.45) is 11.8 Å². The van der Waals surface area contributed by atoms with E-state index >= 15 is 0 Å². The Labute approximate surface area is 189 Å². The van der Waals surface area contributed by atoms with Crippen molar-refractivity contribution in [3.63, 3.8) is 0 Å². The average Bonchev–Trinajstić information content (AvgIpc) is 3.52. The highest BCUT2D eigenvalue weighted by Gasteiger charge is 2.71. The molecule has 32 heavy (non-hydrogen) atoms. The molecule has 0 radical (unpaired) electrons. The molecule has 4 fully saturated rings. The molecule has 7 nitrogen and oxygen atoms in total. The molecule has 3 saturated carbocycles. The molecule has 1 aliphatic heterocycles. The van der Waals surface area contributed by atoms with Gasteiger partial charge in [0.25, 0.3) is 0 Å². The van der Waals surface area contributed by atoms with Crippen molar-refractivity contribution < 1.29 is 19.8 Å². The summed E-state index contributed by atoms with van der Waals surface area (Å²) in [7, 11) is 0. The molecule has 7 heteroatoms. The largest absolute Gasteiger partial charge is 0.508 e. The van der Waals surface area contributed by atoms with Gasteiger partial charge < -0.3 is 15.1 Å². The zero-order chi connectivity index (χ0) is 22.7. The Morgan fingerprint density at radius 1 is 1.31 bits per heavy atom. The van der Waals surface area contributed by atoms with E-state index in [1.54, 1.807) is 11.0 Å². The molecule has 5 atom stereocenters. The third kappa shape index (κ3) is 3.16. The number of hydrogen-bond donors (Lipinski definition) is 3. The number of aromatic hydroxyl groups is 1. The summed E-state index contributed by atoms with van der Waals surface area (Å²) >= 11 is 0. The predicted octanol–water partition coefficient (Wildman–Crippen LogP) is 2.52. The summed E-state index contributed by atoms with van der Waals surface area (Å²) in [6.45, 7) is 6.57. The topological polar surface area (TPSA) is 93.1 Å². The van der Waals surface area contributed by atoms with E-state index in [0.717, 1.165) is 36.6 Å². The monoisotopic (exact) mass is 441 g/mol. The van der Waals surface area contributed by atoms with Gasteiger partial charge in [0, 0.05) is 37.1 Å². The van der Waals surface area contributed by atoms with Crippen molar-refractivity contribution in [3.8, 4) is 5.75 Å². The van der Waals surface area contributed by atoms with E-state index < -0.39 is 11.0 Å². The van der Waals surface area contributed by atoms with Crippen LogP contribution in [0, 0.1) is 18.8 Å². The van der Waals surface area contributed by atoms with Gasteiger partial charge in [-0.1, -0.05) is 6.07 Å². The fourth-order valence-corrected chi connectivity index (χ4v) is 7.35. The number of urea groups is 1. The van der Waals surface area contributed by atoms with Gasteiger partial charge in [-0.3, -0.25) is 15.0 Å². The highest BCUT2D eigenvalue weighted by molar-refractivity contribution is 5.84. The van der Waals surface area contributed by atoms with Gasteiger partial charge in [0.2, 0.25) is 6.41 Å². The van der Waals surface area contributed by atoms with Gasteiger partial charge in [0.1, 0.15) is 5.75 Å². The van der Waals surface area contributed by atoms with Crippen LogP contribution >= 0.6 is 0 Å². The minimum absolute atomic E-state index is 0.0728. The molecule has 1 heterocycles. The summed E-state index contributed by atoms with van der Waals surface area (Å²) in [6, 6.07) is 5.16. The number of benzene rings is 1. The first kappa shape index (κ1) is 21.7. The minimum Gasteiger partial charge on any atom is -0.508 e. The Morgan fingerprint density at radius 2 is 2.09 bits per heavy atom. The van der Waals surface area contributed by atoms with E-state index in [-0.39, 0.29) is 23.9 Å². The molecule has 0 spiro atoms. The van der Waals surface area contributed by atoms with E-state index in [1.807, 2.05) is 26.0 Å². The first-order chi connectivity index (χ1) is 15.3. The third-order valence-corrected chi connectivity index (χ3v) is 8.83. The van der Waals surface area contributed by atoms with Crippen LogP contribution in [0.4, 0.5) is 4.79 Å². The number of hydrogen-bond acceptors (Lipinski definition) is 5. The number of carbonyl (C=O) groups excluding carboxylic acids is 2. The zero-order valence-corrected chi connectivity index (χ0v) is 19.1. The van der Waals surface area contributed by atoms with Crippen LogP contribution in [0.5, 0.6) is 5.75 Å². The standard InChI is InChI=1S/C25H35N3O4/c1-3-28(23(31)26-15-29)19-8-9-25(32)22-18(14-27(22)13-17-5-6-17)11-24(25,12-19)21-10-20(30)7-4-16(21)2/h4,7,10,15,17-19,22,30,32H,3,5-6,8-9,11-14H2,1-2H3,(H,26,29,31)/t18?,19-,22+,24+,25+/m0/s1. The number of amides is 3. The molecule has 0 aromatic heterocycles. The van der Waals surface area contributed by atoms with E-state index in [4.69, 9.17) is 0 Å². The summed E-state index contributed by atoms with van der Waals surface area (Å²) in [5, 5.41) is 25.1. The Kier molecular flexibility index (Phi) is 5.25. The number of aliphatic hydroxyl groups is 1. The Balaban J connectivity index is 1.54. The molecular formula is C25H35N3O4. The quantitative estimate of drug-likeness (QED) is 0.590. The van der Waals surface area contributed by atoms with Crippen LogP contribution in [0.3, 0.4) is 0 Å². The summed E-state index contributed by atoms with van der Waals surface area (Å²) in [5.74, 6) is 1.42. The van der Waals surface area contributed by atoms with Crippen molar-refractivity contribution in [1.82, 2.24) is 15.1 Å². The number of likely N-dealkylation sites (tertiary alicyclic amines) is 1. The average molecular weight is 442 g/mol. The predicted molar refractivity (Wildman–Crippen MR) is 120 cm³/mol. The molecule has 3 N–H and O–H groups in total. The smallest absolute Gasteiger partial charge is 0.324 e. The number of nitrogens with one attached hydrogen (secondary N) is 1. The molecular weight excluding hydrogens is 406 g/mol. The van der Waals surface area contributed by atoms with Gasteiger partial charge in [0.15, 0.2) is 0 Å². The van der Waals surface area contributed by atoms with Crippen LogP contribution in [0.15, 0.2) is 18.2 Å². The number of phenolic OH excluding ortho intramolecular Hbond substituents is 1. The van der Waals surface area contributed by atoms with Crippen molar-refractivity contribution in [3.05, 3.63) is 29.3 Å². The van der Waals surface area contributed by atoms with Crippen LogP contribution < -0.4 is 5.32 Å². The van der Waals surface area contributed by atoms with Gasteiger partial charge in [-0.2, -0.15) is 0 Å². The molecule has 3 aliphatic carbocycles. The number of nitrogens with zero attached hydrogens (tertiary/aromatic N) is 2. The van der Waals surface area contributed by atoms with Gasteiger partial charge >= 0.3 is 6.03 Å². The third-order valence-electron chi connectivity index (χ3n) is 8.83. The number of aryl methyl sites for hydroxylation is 1. The Morgan fingerprint density at radius 3 is 2.78 bits per heavy atom. The molecule has 1 aromatic rings. The second-order valence-electron chi connectivity index (χ2n) is 10.6. The Bertz CT molecular complexity index is 918. The first-order valence-corrected chi connectivity index (χ1v) is 12.1. The van der Waals surface area contributed by atoms with Gasteiger partial charge in [0.05, 0.1) is 5.60 Å². The number of imide groups is 1. The van der Waals surface area contributed by atoms with E-state index in [9.17, 15) is 19.8 Å². The maximum absolute atomic E-state index is 12.6. The second-order valence-corrected chi connectivity index (χ2v) is 10.6. The highest BCUT2D eigenvalue weighted by Crippen LogP contribution is 2.64. The normalized spacial score (nSPS) is 36.0. The van der Waals surface area contributed by atoms with E-state index in [1.165, 1.54) is 12.8 Å². The van der Waals surface area contributed by atoms with E-state index in [0.29, 0.717) is 38.1 Å². The first-order valence-electron chi connectivity index (χ1n) is 12.1. The van der Waals surface area contributed by atoms with Gasteiger partial charge in [-0.15, -0.1) is 0 Å². The fraction of sp³-hybridized carbons (Fsp3) is 0.680. The lowest BCUT2D eigenvalue weighted by Crippen LogP contribution is -2.68. The lowest BCUT2D eigenvalue weighted by molar-refractivity contribution is -0.137. The van der Waals surface area contributed by atoms with Gasteiger partial charge in [-0.05, 0) is 87.5 Å². The van der Waals surface area contributed by atoms with Crippen molar-refractivity contribution >= 4 is 12.4 Å². The summed E-state index contributed by atoms with van der Waals surface area (Å²) in [6.07, 6.45) is 5.84. The fourth-order valence-electron chi connectivity index (χ4n) is 7.35. The minimum atomic E-state index is -0.888. The SMILES string of the molecule is CCN(C(=O)NC=O)[C@H]1CC[C@@]2(O)[C@H]3C(CN3CC3CC3)C[C@]2(c2cc(O)ccc2C)C1. The molecule has 1 saturated heterocycles. The number of phenols is 1. The van der Waals surface area contributed by atoms with Crippen molar-refractivity contribution in [2.45, 2.75) is 75.5 Å². The number of carbonyl (C=O) groups is 2. The lowest BCUT2D eigenvalue weighted by atomic mass is 9.58. The molecule has 0 bridgehead atoms. The zero-order valence-electron chi connectivity index (χ0n) is 19.1. The summed E-state index contributed by atoms with van der Waals surface area (Å²) in [5.41, 5.74) is 0.663. The summed E-state index contributed by atoms with van der Waals surface area (Å²) in [4.78, 5) is 27.7. The van der Waals surface area contributed by atoms with Crippen LogP contribution in [0.25, 0.3) is 0 Å². The lowest BCUT2D eigenvalue weighted by Gasteiger charge is -2.56. The number of rotatable bonds is 6. The Hall–Kier alpha value is -2.12. The molecule has 1 unspecified atom stereocenters.